The van der Waals surface area contributed by atoms with Crippen molar-refractivity contribution < 1.29 is 4.74 Å². The molecule has 160 valence electrons. The lowest BCUT2D eigenvalue weighted by atomic mass is 10.0. The highest BCUT2D eigenvalue weighted by atomic mass is 127. The SMILES string of the molecule is CCN(C)CCNC(=NC)NCC(c1ccc(OC)cc1)N1CCCCC1.I. The molecule has 0 amide bonds. The minimum atomic E-state index is 0. The smallest absolute Gasteiger partial charge is 0.191 e. The molecule has 2 rings (SSSR count). The third-order valence-electron chi connectivity index (χ3n) is 5.34. The first-order chi connectivity index (χ1) is 13.2. The highest BCUT2D eigenvalue weighted by molar-refractivity contribution is 14.0. The fourth-order valence-electron chi connectivity index (χ4n) is 3.45. The average molecular weight is 503 g/mol. The Morgan fingerprint density at radius 1 is 1.18 bits per heavy atom. The van der Waals surface area contributed by atoms with Crippen LogP contribution in [0.2, 0.25) is 0 Å². The third kappa shape index (κ3) is 8.13. The molecule has 0 aromatic heterocycles. The summed E-state index contributed by atoms with van der Waals surface area (Å²) in [5.41, 5.74) is 1.33. The van der Waals surface area contributed by atoms with E-state index in [1.807, 2.05) is 7.05 Å². The number of rotatable bonds is 9. The predicted octanol–water partition coefficient (Wildman–Crippen LogP) is 2.96. The lowest BCUT2D eigenvalue weighted by Gasteiger charge is -2.35. The van der Waals surface area contributed by atoms with Gasteiger partial charge in [-0.3, -0.25) is 9.89 Å². The van der Waals surface area contributed by atoms with Crippen LogP contribution in [0.25, 0.3) is 0 Å². The normalized spacial score (nSPS) is 16.4. The first-order valence-corrected chi connectivity index (χ1v) is 10.2. The van der Waals surface area contributed by atoms with E-state index in [2.05, 4.69) is 63.7 Å². The summed E-state index contributed by atoms with van der Waals surface area (Å²) in [6, 6.07) is 8.83. The molecule has 0 radical (unpaired) electrons. The molecule has 1 fully saturated rings. The zero-order valence-electron chi connectivity index (χ0n) is 17.9. The van der Waals surface area contributed by atoms with Crippen molar-refractivity contribution in [1.82, 2.24) is 20.4 Å². The summed E-state index contributed by atoms with van der Waals surface area (Å²) in [6.45, 7) is 8.28. The molecule has 0 bridgehead atoms. The number of aliphatic imine (C=N–C) groups is 1. The fourth-order valence-corrected chi connectivity index (χ4v) is 3.45. The quantitative estimate of drug-likeness (QED) is 0.309. The summed E-state index contributed by atoms with van der Waals surface area (Å²) in [5.74, 6) is 1.77. The van der Waals surface area contributed by atoms with Gasteiger partial charge in [0.05, 0.1) is 13.2 Å². The summed E-state index contributed by atoms with van der Waals surface area (Å²) in [7, 11) is 5.68. The second kappa shape index (κ2) is 14.0. The van der Waals surface area contributed by atoms with Crippen molar-refractivity contribution >= 4 is 29.9 Å². The van der Waals surface area contributed by atoms with Crippen molar-refractivity contribution in [2.24, 2.45) is 4.99 Å². The summed E-state index contributed by atoms with van der Waals surface area (Å²) < 4.78 is 5.32. The van der Waals surface area contributed by atoms with Crippen molar-refractivity contribution in [3.63, 3.8) is 0 Å². The molecule has 7 heteroatoms. The molecule has 1 aliphatic heterocycles. The molecule has 1 heterocycles. The van der Waals surface area contributed by atoms with E-state index in [0.29, 0.717) is 6.04 Å². The lowest BCUT2D eigenvalue weighted by molar-refractivity contribution is 0.164. The van der Waals surface area contributed by atoms with Crippen molar-refractivity contribution in [2.45, 2.75) is 32.2 Å². The van der Waals surface area contributed by atoms with E-state index in [9.17, 15) is 0 Å². The Kier molecular flexibility index (Phi) is 12.5. The number of likely N-dealkylation sites (tertiary alicyclic amines) is 1. The molecule has 0 aliphatic carbocycles. The van der Waals surface area contributed by atoms with Crippen LogP contribution in [0.1, 0.15) is 37.8 Å². The first-order valence-electron chi connectivity index (χ1n) is 10.2. The molecule has 6 nitrogen and oxygen atoms in total. The van der Waals surface area contributed by atoms with Crippen molar-refractivity contribution in [3.8, 4) is 5.75 Å². The number of nitrogens with one attached hydrogen (secondary N) is 2. The minimum Gasteiger partial charge on any atom is -0.497 e. The van der Waals surface area contributed by atoms with E-state index in [1.165, 1.54) is 24.8 Å². The van der Waals surface area contributed by atoms with Gasteiger partial charge in [0.1, 0.15) is 5.75 Å². The maximum absolute atomic E-state index is 5.32. The summed E-state index contributed by atoms with van der Waals surface area (Å²) in [5, 5.41) is 6.95. The summed E-state index contributed by atoms with van der Waals surface area (Å²) >= 11 is 0. The Morgan fingerprint density at radius 3 is 2.43 bits per heavy atom. The highest BCUT2D eigenvalue weighted by Crippen LogP contribution is 2.25. The third-order valence-corrected chi connectivity index (χ3v) is 5.34. The molecule has 2 N–H and O–H groups in total. The molecule has 0 saturated carbocycles. The maximum atomic E-state index is 5.32. The van der Waals surface area contributed by atoms with Gasteiger partial charge in [-0.1, -0.05) is 25.5 Å². The van der Waals surface area contributed by atoms with Gasteiger partial charge in [0, 0.05) is 26.7 Å². The standard InChI is InChI=1S/C21H37N5O.HI/c1-5-25(3)16-13-23-21(22-2)24-17-20(26-14-7-6-8-15-26)18-9-11-19(27-4)12-10-18;/h9-12,20H,5-8,13-17H2,1-4H3,(H2,22,23,24);1H. The molecule has 28 heavy (non-hydrogen) atoms. The fraction of sp³-hybridized carbons (Fsp3) is 0.667. The van der Waals surface area contributed by atoms with Gasteiger partial charge in [0.15, 0.2) is 5.96 Å². The van der Waals surface area contributed by atoms with E-state index in [0.717, 1.165) is 51.0 Å². The molecule has 1 unspecified atom stereocenters. The number of guanidine groups is 1. The van der Waals surface area contributed by atoms with Gasteiger partial charge in [0.2, 0.25) is 0 Å². The predicted molar refractivity (Wildman–Crippen MR) is 129 cm³/mol. The molecule has 1 aromatic carbocycles. The largest absolute Gasteiger partial charge is 0.497 e. The Morgan fingerprint density at radius 2 is 1.86 bits per heavy atom. The lowest BCUT2D eigenvalue weighted by Crippen LogP contribution is -2.45. The molecule has 0 spiro atoms. The monoisotopic (exact) mass is 503 g/mol. The zero-order chi connectivity index (χ0) is 19.5. The number of ether oxygens (including phenoxy) is 1. The molecule has 1 aromatic rings. The molecule has 1 atom stereocenters. The number of halogens is 1. The number of piperidine rings is 1. The second-order valence-electron chi connectivity index (χ2n) is 7.16. The molecular weight excluding hydrogens is 465 g/mol. The summed E-state index contributed by atoms with van der Waals surface area (Å²) in [4.78, 5) is 9.27. The first kappa shape index (κ1) is 25.0. The minimum absolute atomic E-state index is 0. The van der Waals surface area contributed by atoms with Gasteiger partial charge < -0.3 is 20.3 Å². The van der Waals surface area contributed by atoms with Crippen molar-refractivity contribution in [2.75, 3.05) is 60.5 Å². The number of benzene rings is 1. The number of hydrogen-bond acceptors (Lipinski definition) is 4. The van der Waals surface area contributed by atoms with Gasteiger partial charge in [-0.05, 0) is 57.2 Å². The van der Waals surface area contributed by atoms with Crippen LogP contribution in [0, 0.1) is 0 Å². The van der Waals surface area contributed by atoms with E-state index < -0.39 is 0 Å². The molecular formula is C21H38IN5O. The van der Waals surface area contributed by atoms with Crippen LogP contribution >= 0.6 is 24.0 Å². The Balaban J connectivity index is 0.00000392. The van der Waals surface area contributed by atoms with Crippen molar-refractivity contribution in [3.05, 3.63) is 29.8 Å². The molecule has 1 aliphatic rings. The van der Waals surface area contributed by atoms with E-state index >= 15 is 0 Å². The highest BCUT2D eigenvalue weighted by Gasteiger charge is 2.22. The van der Waals surface area contributed by atoms with Crippen LogP contribution in [-0.2, 0) is 0 Å². The zero-order valence-corrected chi connectivity index (χ0v) is 20.2. The van der Waals surface area contributed by atoms with Gasteiger partial charge >= 0.3 is 0 Å². The number of methoxy groups -OCH3 is 1. The van der Waals surface area contributed by atoms with Crippen molar-refractivity contribution in [1.29, 1.82) is 0 Å². The molecule has 1 saturated heterocycles. The maximum Gasteiger partial charge on any atom is 0.191 e. The number of hydrogen-bond donors (Lipinski definition) is 2. The Labute approximate surface area is 188 Å². The van der Waals surface area contributed by atoms with E-state index in [1.54, 1.807) is 7.11 Å². The van der Waals surface area contributed by atoms with Crippen LogP contribution in [0.5, 0.6) is 5.75 Å². The summed E-state index contributed by atoms with van der Waals surface area (Å²) in [6.07, 6.45) is 3.90. The van der Waals surface area contributed by atoms with Crippen LogP contribution < -0.4 is 15.4 Å². The Bertz CT molecular complexity index is 560. The van der Waals surface area contributed by atoms with Gasteiger partial charge in [-0.25, -0.2) is 0 Å². The van der Waals surface area contributed by atoms with Crippen LogP contribution in [0.3, 0.4) is 0 Å². The number of likely N-dealkylation sites (N-methyl/N-ethyl adjacent to an activating group) is 1. The average Bonchev–Trinajstić information content (AvgIpc) is 2.73. The van der Waals surface area contributed by atoms with Crippen LogP contribution in [0.4, 0.5) is 0 Å². The van der Waals surface area contributed by atoms with Gasteiger partial charge in [-0.2, -0.15) is 0 Å². The topological polar surface area (TPSA) is 52.1 Å². The van der Waals surface area contributed by atoms with Crippen LogP contribution in [-0.4, -0.2) is 76.2 Å². The second-order valence-corrected chi connectivity index (χ2v) is 7.16. The van der Waals surface area contributed by atoms with Crippen LogP contribution in [0.15, 0.2) is 29.3 Å². The Hall–Kier alpha value is -1.06. The van der Waals surface area contributed by atoms with E-state index in [-0.39, 0.29) is 24.0 Å². The van der Waals surface area contributed by atoms with E-state index in [4.69, 9.17) is 4.74 Å². The number of nitrogens with zero attached hydrogens (tertiary/aromatic N) is 3. The van der Waals surface area contributed by atoms with Gasteiger partial charge in [0.25, 0.3) is 0 Å². The van der Waals surface area contributed by atoms with Gasteiger partial charge in [-0.15, -0.1) is 24.0 Å².